The Hall–Kier alpha value is -2.70. The van der Waals surface area contributed by atoms with E-state index in [1.807, 2.05) is 24.1 Å². The van der Waals surface area contributed by atoms with Crippen molar-refractivity contribution in [1.29, 1.82) is 0 Å². The summed E-state index contributed by atoms with van der Waals surface area (Å²) >= 11 is 0. The van der Waals surface area contributed by atoms with Crippen LogP contribution in [0.15, 0.2) is 30.9 Å². The smallest absolute Gasteiger partial charge is 0.165 e. The molecular weight excluding hydrogens is 266 g/mol. The van der Waals surface area contributed by atoms with Gasteiger partial charge >= 0.3 is 0 Å². The molecule has 3 aromatic heterocycles. The number of hydrogen-bond donors (Lipinski definition) is 1. The summed E-state index contributed by atoms with van der Waals surface area (Å²) in [5.74, 6) is 1.01. The number of nitrogens with zero attached hydrogens (tertiary/aromatic N) is 6. The van der Waals surface area contributed by atoms with Crippen molar-refractivity contribution in [2.45, 2.75) is 19.9 Å². The fourth-order valence-electron chi connectivity index (χ4n) is 2.13. The molecule has 108 valence electrons. The first-order valence-corrected chi connectivity index (χ1v) is 6.82. The van der Waals surface area contributed by atoms with Crippen molar-refractivity contribution >= 4 is 5.82 Å². The zero-order valence-electron chi connectivity index (χ0n) is 12.1. The van der Waals surface area contributed by atoms with E-state index in [0.29, 0.717) is 11.6 Å². The summed E-state index contributed by atoms with van der Waals surface area (Å²) in [5, 5.41) is 8.45. The van der Waals surface area contributed by atoms with Crippen LogP contribution in [0, 0.1) is 0 Å². The molecule has 0 fully saturated rings. The summed E-state index contributed by atoms with van der Waals surface area (Å²) in [6.07, 6.45) is 8.38. The lowest BCUT2D eigenvalue weighted by Crippen LogP contribution is -1.98. The van der Waals surface area contributed by atoms with E-state index in [0.717, 1.165) is 29.8 Å². The molecule has 0 aliphatic rings. The molecule has 0 aliphatic heterocycles. The van der Waals surface area contributed by atoms with Crippen LogP contribution >= 0.6 is 0 Å². The minimum absolute atomic E-state index is 0.432. The fraction of sp³-hybridized carbons (Fsp3) is 0.286. The van der Waals surface area contributed by atoms with Crippen LogP contribution in [0.4, 0.5) is 5.82 Å². The van der Waals surface area contributed by atoms with Gasteiger partial charge in [-0.1, -0.05) is 6.92 Å². The Labute approximate surface area is 122 Å². The molecule has 3 rings (SSSR count). The molecule has 7 heteroatoms. The maximum atomic E-state index is 5.90. The molecule has 3 aromatic rings. The number of hydrogen-bond acceptors (Lipinski definition) is 5. The largest absolute Gasteiger partial charge is 0.384 e. The minimum atomic E-state index is 0.432. The molecule has 2 N–H and O–H groups in total. The van der Waals surface area contributed by atoms with E-state index in [9.17, 15) is 0 Å². The van der Waals surface area contributed by atoms with E-state index in [1.165, 1.54) is 0 Å². The van der Waals surface area contributed by atoms with Gasteiger partial charge in [-0.2, -0.15) is 10.2 Å². The second-order valence-corrected chi connectivity index (χ2v) is 4.90. The second kappa shape index (κ2) is 5.35. The molecule has 0 amide bonds. The van der Waals surface area contributed by atoms with E-state index in [2.05, 4.69) is 27.1 Å². The molecule has 0 bridgehead atoms. The van der Waals surface area contributed by atoms with Crippen LogP contribution in [0.3, 0.4) is 0 Å². The first kappa shape index (κ1) is 13.3. The van der Waals surface area contributed by atoms with E-state index in [-0.39, 0.29) is 0 Å². The van der Waals surface area contributed by atoms with Gasteiger partial charge in [-0.05, 0) is 6.42 Å². The zero-order valence-corrected chi connectivity index (χ0v) is 12.1. The lowest BCUT2D eigenvalue weighted by atomic mass is 10.2. The van der Waals surface area contributed by atoms with Crippen molar-refractivity contribution in [3.8, 4) is 22.6 Å². The van der Waals surface area contributed by atoms with Crippen LogP contribution in [-0.2, 0) is 13.6 Å². The highest BCUT2D eigenvalue weighted by Gasteiger charge is 2.10. The lowest BCUT2D eigenvalue weighted by molar-refractivity contribution is 0.603. The van der Waals surface area contributed by atoms with Crippen molar-refractivity contribution in [3.05, 3.63) is 30.9 Å². The van der Waals surface area contributed by atoms with Gasteiger partial charge in [0.2, 0.25) is 0 Å². The summed E-state index contributed by atoms with van der Waals surface area (Å²) in [6, 6.07) is 1.75. The van der Waals surface area contributed by atoms with Gasteiger partial charge in [-0.15, -0.1) is 0 Å². The van der Waals surface area contributed by atoms with E-state index < -0.39 is 0 Å². The van der Waals surface area contributed by atoms with Crippen LogP contribution in [-0.4, -0.2) is 29.5 Å². The Kier molecular flexibility index (Phi) is 3.39. The number of aromatic nitrogens is 6. The standard InChI is InChI=1S/C14H17N7/c1-3-4-21-9-11(7-17-21)14-18-12(5-13(15)19-14)10-6-16-20(2)8-10/h5-9H,3-4H2,1-2H3,(H2,15,18,19). The molecule has 0 atom stereocenters. The highest BCUT2D eigenvalue weighted by Crippen LogP contribution is 2.22. The number of nitrogens with two attached hydrogens (primary N) is 1. The maximum Gasteiger partial charge on any atom is 0.165 e. The molecule has 0 saturated heterocycles. The Bertz CT molecular complexity index is 756. The van der Waals surface area contributed by atoms with Crippen molar-refractivity contribution < 1.29 is 0 Å². The predicted octanol–water partition coefficient (Wildman–Crippen LogP) is 1.73. The number of nitrogen functional groups attached to an aromatic ring is 1. The van der Waals surface area contributed by atoms with Gasteiger partial charge < -0.3 is 5.73 Å². The van der Waals surface area contributed by atoms with Gasteiger partial charge in [0, 0.05) is 37.6 Å². The van der Waals surface area contributed by atoms with Gasteiger partial charge in [0.25, 0.3) is 0 Å². The van der Waals surface area contributed by atoms with Gasteiger partial charge in [0.05, 0.1) is 23.7 Å². The topological polar surface area (TPSA) is 87.4 Å². The molecular formula is C14H17N7. The maximum absolute atomic E-state index is 5.90. The second-order valence-electron chi connectivity index (χ2n) is 4.90. The van der Waals surface area contributed by atoms with Gasteiger partial charge in [0.1, 0.15) is 5.82 Å². The van der Waals surface area contributed by atoms with E-state index >= 15 is 0 Å². The quantitative estimate of drug-likeness (QED) is 0.788. The molecule has 0 aliphatic carbocycles. The van der Waals surface area contributed by atoms with Crippen LogP contribution in [0.2, 0.25) is 0 Å². The third-order valence-electron chi connectivity index (χ3n) is 3.09. The highest BCUT2D eigenvalue weighted by molar-refractivity contribution is 5.65. The predicted molar refractivity (Wildman–Crippen MR) is 80.2 cm³/mol. The third-order valence-corrected chi connectivity index (χ3v) is 3.09. The molecule has 21 heavy (non-hydrogen) atoms. The first-order chi connectivity index (χ1) is 10.2. The van der Waals surface area contributed by atoms with Gasteiger partial charge in [-0.3, -0.25) is 9.36 Å². The van der Waals surface area contributed by atoms with Crippen LogP contribution in [0.1, 0.15) is 13.3 Å². The molecule has 0 saturated carbocycles. The summed E-state index contributed by atoms with van der Waals surface area (Å²) in [5.41, 5.74) is 8.43. The molecule has 0 unspecified atom stereocenters. The summed E-state index contributed by atoms with van der Waals surface area (Å²) in [4.78, 5) is 8.86. The SMILES string of the molecule is CCCn1cc(-c2nc(N)cc(-c3cnn(C)c3)n2)cn1. The van der Waals surface area contributed by atoms with Gasteiger partial charge in [-0.25, -0.2) is 9.97 Å². The van der Waals surface area contributed by atoms with Crippen molar-refractivity contribution in [3.63, 3.8) is 0 Å². The molecule has 0 aromatic carbocycles. The Morgan fingerprint density at radius 2 is 1.90 bits per heavy atom. The van der Waals surface area contributed by atoms with Gasteiger partial charge in [0.15, 0.2) is 5.82 Å². The normalized spacial score (nSPS) is 11.0. The fourth-order valence-corrected chi connectivity index (χ4v) is 2.13. The monoisotopic (exact) mass is 283 g/mol. The van der Waals surface area contributed by atoms with Crippen molar-refractivity contribution in [2.75, 3.05) is 5.73 Å². The number of aryl methyl sites for hydroxylation is 2. The third kappa shape index (κ3) is 2.76. The number of anilines is 1. The average Bonchev–Trinajstić information content (AvgIpc) is 3.08. The van der Waals surface area contributed by atoms with Crippen LogP contribution < -0.4 is 5.73 Å². The Morgan fingerprint density at radius 1 is 1.10 bits per heavy atom. The molecule has 3 heterocycles. The zero-order chi connectivity index (χ0) is 14.8. The van der Waals surface area contributed by atoms with E-state index in [4.69, 9.17) is 5.73 Å². The highest BCUT2D eigenvalue weighted by atomic mass is 15.3. The average molecular weight is 283 g/mol. The summed E-state index contributed by atoms with van der Waals surface area (Å²) < 4.78 is 3.61. The minimum Gasteiger partial charge on any atom is -0.384 e. The van der Waals surface area contributed by atoms with Crippen molar-refractivity contribution in [1.82, 2.24) is 29.5 Å². The first-order valence-electron chi connectivity index (χ1n) is 6.82. The van der Waals surface area contributed by atoms with Crippen LogP contribution in [0.25, 0.3) is 22.6 Å². The summed E-state index contributed by atoms with van der Waals surface area (Å²) in [7, 11) is 1.86. The number of rotatable bonds is 4. The Morgan fingerprint density at radius 3 is 2.62 bits per heavy atom. The van der Waals surface area contributed by atoms with Crippen LogP contribution in [0.5, 0.6) is 0 Å². The lowest BCUT2D eigenvalue weighted by Gasteiger charge is -2.02. The van der Waals surface area contributed by atoms with Crippen molar-refractivity contribution in [2.24, 2.45) is 7.05 Å². The Balaban J connectivity index is 2.00. The molecule has 0 radical (unpaired) electrons. The molecule has 7 nitrogen and oxygen atoms in total. The van der Waals surface area contributed by atoms with E-state index in [1.54, 1.807) is 23.1 Å². The molecule has 0 spiro atoms. The summed E-state index contributed by atoms with van der Waals surface area (Å²) in [6.45, 7) is 2.98.